The van der Waals surface area contributed by atoms with E-state index in [2.05, 4.69) is 14.9 Å². The molecular formula is C17H14FN3OS. The van der Waals surface area contributed by atoms with Crippen molar-refractivity contribution < 1.29 is 9.18 Å². The minimum Gasteiger partial charge on any atom is -0.354 e. The lowest BCUT2D eigenvalue weighted by atomic mass is 10.1. The maximum atomic E-state index is 13.1. The number of aromatic nitrogens is 2. The Morgan fingerprint density at radius 1 is 1.09 bits per heavy atom. The average molecular weight is 327 g/mol. The van der Waals surface area contributed by atoms with Gasteiger partial charge in [0.25, 0.3) is 0 Å². The first-order valence-electron chi connectivity index (χ1n) is 7.48. The van der Waals surface area contributed by atoms with Gasteiger partial charge in [-0.2, -0.15) is 0 Å². The summed E-state index contributed by atoms with van der Waals surface area (Å²) in [5.74, 6) is 0.957. The fourth-order valence-corrected chi connectivity index (χ4v) is 3.93. The van der Waals surface area contributed by atoms with Crippen molar-refractivity contribution in [2.75, 3.05) is 18.0 Å². The van der Waals surface area contributed by atoms with Crippen molar-refractivity contribution in [3.63, 3.8) is 0 Å². The van der Waals surface area contributed by atoms with E-state index >= 15 is 0 Å². The first-order valence-corrected chi connectivity index (χ1v) is 8.29. The number of thiophene rings is 1. The Kier molecular flexibility index (Phi) is 3.53. The molecule has 1 aromatic carbocycles. The van der Waals surface area contributed by atoms with Crippen molar-refractivity contribution in [2.24, 2.45) is 0 Å². The average Bonchev–Trinajstić information content (AvgIpc) is 3.00. The van der Waals surface area contributed by atoms with E-state index in [-0.39, 0.29) is 5.82 Å². The molecule has 0 aliphatic carbocycles. The molecule has 0 unspecified atom stereocenters. The highest BCUT2D eigenvalue weighted by Gasteiger charge is 2.20. The second-order valence-electron chi connectivity index (χ2n) is 5.55. The normalized spacial score (nSPS) is 15.3. The predicted molar refractivity (Wildman–Crippen MR) is 89.3 cm³/mol. The lowest BCUT2D eigenvalue weighted by Crippen LogP contribution is -2.34. The second kappa shape index (κ2) is 5.70. The highest BCUT2D eigenvalue weighted by atomic mass is 32.1. The van der Waals surface area contributed by atoms with Crippen LogP contribution >= 0.6 is 11.3 Å². The van der Waals surface area contributed by atoms with Gasteiger partial charge in [-0.1, -0.05) is 12.1 Å². The number of hydrogen-bond donors (Lipinski definition) is 0. The fourth-order valence-electron chi connectivity index (χ4n) is 2.79. The summed E-state index contributed by atoms with van der Waals surface area (Å²) >= 11 is 1.60. The van der Waals surface area contributed by atoms with E-state index < -0.39 is 0 Å². The third-order valence-electron chi connectivity index (χ3n) is 4.04. The Labute approximate surface area is 136 Å². The zero-order valence-corrected chi connectivity index (χ0v) is 13.1. The molecule has 23 heavy (non-hydrogen) atoms. The molecule has 1 aliphatic heterocycles. The number of nitrogens with zero attached hydrogens (tertiary/aromatic N) is 3. The highest BCUT2D eigenvalue weighted by Crippen LogP contribution is 2.37. The monoisotopic (exact) mass is 327 g/mol. The molecule has 1 saturated heterocycles. The molecule has 0 spiro atoms. The number of ketones is 1. The quantitative estimate of drug-likeness (QED) is 0.720. The Morgan fingerprint density at radius 3 is 2.57 bits per heavy atom. The molecule has 1 aliphatic rings. The standard InChI is InChI=1S/C17H14FN3OS/c18-12-3-1-11(2-4-12)15-9-14-16(23-15)17(20-10-19-14)21-7-5-13(22)6-8-21/h1-4,9-10H,5-8H2. The van der Waals surface area contributed by atoms with Gasteiger partial charge in [-0.15, -0.1) is 11.3 Å². The number of fused-ring (bicyclic) bond motifs is 1. The summed E-state index contributed by atoms with van der Waals surface area (Å²) < 4.78 is 14.1. The van der Waals surface area contributed by atoms with E-state index in [1.54, 1.807) is 29.8 Å². The van der Waals surface area contributed by atoms with Crippen LogP contribution in [0.25, 0.3) is 20.7 Å². The molecule has 0 atom stereocenters. The smallest absolute Gasteiger partial charge is 0.150 e. The largest absolute Gasteiger partial charge is 0.354 e. The van der Waals surface area contributed by atoms with E-state index in [9.17, 15) is 9.18 Å². The molecule has 0 N–H and O–H groups in total. The van der Waals surface area contributed by atoms with Crippen LogP contribution < -0.4 is 4.90 Å². The minimum absolute atomic E-state index is 0.242. The van der Waals surface area contributed by atoms with Crippen molar-refractivity contribution in [1.29, 1.82) is 0 Å². The van der Waals surface area contributed by atoms with Crippen molar-refractivity contribution in [3.05, 3.63) is 42.5 Å². The Morgan fingerprint density at radius 2 is 1.83 bits per heavy atom. The van der Waals surface area contributed by atoms with Gasteiger partial charge < -0.3 is 4.90 Å². The molecule has 4 rings (SSSR count). The van der Waals surface area contributed by atoms with E-state index in [4.69, 9.17) is 0 Å². The van der Waals surface area contributed by atoms with Crippen LogP contribution in [0.4, 0.5) is 10.2 Å². The SMILES string of the molecule is O=C1CCN(c2ncnc3cc(-c4ccc(F)cc4)sc23)CC1. The molecule has 0 amide bonds. The van der Waals surface area contributed by atoms with Gasteiger partial charge in [0.1, 0.15) is 23.7 Å². The summed E-state index contributed by atoms with van der Waals surface area (Å²) in [7, 11) is 0. The second-order valence-corrected chi connectivity index (χ2v) is 6.61. The van der Waals surface area contributed by atoms with E-state index in [1.165, 1.54) is 12.1 Å². The molecule has 1 fully saturated rings. The summed E-state index contributed by atoms with van der Waals surface area (Å²) in [6.07, 6.45) is 2.71. The van der Waals surface area contributed by atoms with Crippen LogP contribution in [-0.2, 0) is 4.79 Å². The summed E-state index contributed by atoms with van der Waals surface area (Å²) in [6.45, 7) is 1.41. The maximum absolute atomic E-state index is 13.1. The number of carbonyl (C=O) groups excluding carboxylic acids is 1. The summed E-state index contributed by atoms with van der Waals surface area (Å²) in [4.78, 5) is 23.4. The van der Waals surface area contributed by atoms with Gasteiger partial charge in [0, 0.05) is 30.8 Å². The number of anilines is 1. The topological polar surface area (TPSA) is 46.1 Å². The van der Waals surface area contributed by atoms with Crippen LogP contribution in [0.15, 0.2) is 36.7 Å². The van der Waals surface area contributed by atoms with Crippen LogP contribution in [-0.4, -0.2) is 28.8 Å². The third-order valence-corrected chi connectivity index (χ3v) is 5.21. The summed E-state index contributed by atoms with van der Waals surface area (Å²) in [5, 5.41) is 0. The maximum Gasteiger partial charge on any atom is 0.150 e. The lowest BCUT2D eigenvalue weighted by Gasteiger charge is -2.27. The van der Waals surface area contributed by atoms with Gasteiger partial charge in [0.05, 0.1) is 10.2 Å². The molecule has 0 bridgehead atoms. The molecule has 0 radical (unpaired) electrons. The molecule has 4 nitrogen and oxygen atoms in total. The van der Waals surface area contributed by atoms with Crippen LogP contribution in [0, 0.1) is 5.82 Å². The van der Waals surface area contributed by atoms with E-state index in [0.717, 1.165) is 26.5 Å². The molecule has 2 aromatic heterocycles. The first-order chi connectivity index (χ1) is 11.2. The summed E-state index contributed by atoms with van der Waals surface area (Å²) in [5.41, 5.74) is 1.85. The van der Waals surface area contributed by atoms with Gasteiger partial charge in [0.2, 0.25) is 0 Å². The zero-order valence-electron chi connectivity index (χ0n) is 12.3. The van der Waals surface area contributed by atoms with Gasteiger partial charge in [-0.3, -0.25) is 4.79 Å². The Balaban J connectivity index is 1.75. The van der Waals surface area contributed by atoms with Crippen molar-refractivity contribution in [3.8, 4) is 10.4 Å². The Bertz CT molecular complexity index is 865. The van der Waals surface area contributed by atoms with Crippen LogP contribution in [0.2, 0.25) is 0 Å². The molecule has 3 heterocycles. The predicted octanol–water partition coefficient (Wildman–Crippen LogP) is 3.67. The number of rotatable bonds is 2. The molecule has 6 heteroatoms. The third kappa shape index (κ3) is 2.70. The molecule has 116 valence electrons. The van der Waals surface area contributed by atoms with Crippen molar-refractivity contribution >= 4 is 33.2 Å². The number of Topliss-reactive ketones (excluding diaryl/α,β-unsaturated/α-hetero) is 1. The van der Waals surface area contributed by atoms with Crippen molar-refractivity contribution in [1.82, 2.24) is 9.97 Å². The zero-order chi connectivity index (χ0) is 15.8. The molecule has 3 aromatic rings. The van der Waals surface area contributed by atoms with Gasteiger partial charge >= 0.3 is 0 Å². The highest BCUT2D eigenvalue weighted by molar-refractivity contribution is 7.22. The van der Waals surface area contributed by atoms with Crippen LogP contribution in [0.3, 0.4) is 0 Å². The minimum atomic E-state index is -0.242. The summed E-state index contributed by atoms with van der Waals surface area (Å²) in [6, 6.07) is 8.47. The first kappa shape index (κ1) is 14.3. The molecular weight excluding hydrogens is 313 g/mol. The van der Waals surface area contributed by atoms with E-state index in [1.807, 2.05) is 6.07 Å². The van der Waals surface area contributed by atoms with Gasteiger partial charge in [-0.25, -0.2) is 14.4 Å². The molecule has 0 saturated carbocycles. The fraction of sp³-hybridized carbons (Fsp3) is 0.235. The van der Waals surface area contributed by atoms with Crippen LogP contribution in [0.1, 0.15) is 12.8 Å². The number of carbonyl (C=O) groups is 1. The van der Waals surface area contributed by atoms with E-state index in [0.29, 0.717) is 31.7 Å². The van der Waals surface area contributed by atoms with Crippen LogP contribution in [0.5, 0.6) is 0 Å². The van der Waals surface area contributed by atoms with Crippen molar-refractivity contribution in [2.45, 2.75) is 12.8 Å². The lowest BCUT2D eigenvalue weighted by molar-refractivity contribution is -0.119. The van der Waals surface area contributed by atoms with Gasteiger partial charge in [0.15, 0.2) is 0 Å². The van der Waals surface area contributed by atoms with Gasteiger partial charge in [-0.05, 0) is 23.8 Å². The Hall–Kier alpha value is -2.34. The number of hydrogen-bond acceptors (Lipinski definition) is 5. The number of piperidine rings is 1. The number of benzene rings is 1. The number of halogens is 1.